The van der Waals surface area contributed by atoms with Gasteiger partial charge in [0, 0.05) is 30.2 Å². The van der Waals surface area contributed by atoms with E-state index in [2.05, 4.69) is 5.32 Å². The van der Waals surface area contributed by atoms with Gasteiger partial charge in [-0.25, -0.2) is 4.39 Å². The fraction of sp³-hybridized carbons (Fsp3) is 0.600. The molecule has 3 rings (SSSR count). The number of nitrogens with one attached hydrogen (secondary N) is 1. The molecule has 1 heterocycles. The highest BCUT2D eigenvalue weighted by atomic mass is 19.1. The molecule has 6 heteroatoms. The minimum absolute atomic E-state index is 0.107. The van der Waals surface area contributed by atoms with Gasteiger partial charge in [0.05, 0.1) is 5.92 Å². The third kappa shape index (κ3) is 4.23. The van der Waals surface area contributed by atoms with Crippen LogP contribution in [0.25, 0.3) is 0 Å². The molecule has 2 fully saturated rings. The van der Waals surface area contributed by atoms with Crippen LogP contribution in [0.5, 0.6) is 0 Å². The van der Waals surface area contributed by atoms with E-state index in [0.29, 0.717) is 31.6 Å². The second kappa shape index (κ2) is 7.74. The van der Waals surface area contributed by atoms with Crippen molar-refractivity contribution in [3.63, 3.8) is 0 Å². The van der Waals surface area contributed by atoms with Crippen LogP contribution in [0.1, 0.15) is 45.4 Å². The quantitative estimate of drug-likeness (QED) is 0.869. The molecule has 26 heavy (non-hydrogen) atoms. The smallest absolute Gasteiger partial charge is 0.227 e. The SMILES string of the molecule is CC1(N)CCCCC1C(=O)N1CCC(C(=O)Nc2cccc(F)c2)CC1. The standard InChI is InChI=1S/C20H28FN3O2/c1-20(22)10-3-2-7-17(20)19(26)24-11-8-14(9-12-24)18(25)23-16-6-4-5-15(21)13-16/h4-6,13-14,17H,2-3,7-12,22H2,1H3,(H,23,25). The first-order chi connectivity index (χ1) is 12.4. The summed E-state index contributed by atoms with van der Waals surface area (Å²) in [6, 6.07) is 5.89. The highest BCUT2D eigenvalue weighted by Crippen LogP contribution is 2.34. The fourth-order valence-electron chi connectivity index (χ4n) is 4.16. The van der Waals surface area contributed by atoms with Crippen LogP contribution >= 0.6 is 0 Å². The average Bonchev–Trinajstić information content (AvgIpc) is 2.61. The van der Waals surface area contributed by atoms with E-state index in [9.17, 15) is 14.0 Å². The Kier molecular flexibility index (Phi) is 5.61. The van der Waals surface area contributed by atoms with Gasteiger partial charge >= 0.3 is 0 Å². The van der Waals surface area contributed by atoms with Crippen LogP contribution in [0.2, 0.25) is 0 Å². The predicted molar refractivity (Wildman–Crippen MR) is 98.9 cm³/mol. The van der Waals surface area contributed by atoms with Crippen molar-refractivity contribution < 1.29 is 14.0 Å². The molecule has 2 aliphatic rings. The summed E-state index contributed by atoms with van der Waals surface area (Å²) in [5, 5.41) is 2.77. The zero-order valence-corrected chi connectivity index (χ0v) is 15.3. The van der Waals surface area contributed by atoms with E-state index in [0.717, 1.165) is 25.7 Å². The molecule has 1 aliphatic heterocycles. The maximum Gasteiger partial charge on any atom is 0.227 e. The van der Waals surface area contributed by atoms with Crippen molar-refractivity contribution in [3.05, 3.63) is 30.1 Å². The number of benzene rings is 1. The number of carbonyl (C=O) groups is 2. The van der Waals surface area contributed by atoms with Crippen LogP contribution in [-0.2, 0) is 9.59 Å². The molecule has 2 unspecified atom stereocenters. The average molecular weight is 361 g/mol. The van der Waals surface area contributed by atoms with E-state index in [4.69, 9.17) is 5.73 Å². The highest BCUT2D eigenvalue weighted by molar-refractivity contribution is 5.92. The van der Waals surface area contributed by atoms with Crippen molar-refractivity contribution in [3.8, 4) is 0 Å². The van der Waals surface area contributed by atoms with Crippen LogP contribution in [0, 0.1) is 17.7 Å². The van der Waals surface area contributed by atoms with Gasteiger partial charge in [0.15, 0.2) is 0 Å². The Hall–Kier alpha value is -1.95. The molecule has 0 aromatic heterocycles. The second-order valence-electron chi connectivity index (χ2n) is 7.90. The van der Waals surface area contributed by atoms with E-state index >= 15 is 0 Å². The molecule has 142 valence electrons. The van der Waals surface area contributed by atoms with Gasteiger partial charge in [-0.2, -0.15) is 0 Å². The lowest BCUT2D eigenvalue weighted by molar-refractivity contribution is -0.141. The van der Waals surface area contributed by atoms with Crippen molar-refractivity contribution in [2.45, 2.75) is 51.0 Å². The summed E-state index contributed by atoms with van der Waals surface area (Å²) in [7, 11) is 0. The third-order valence-corrected chi connectivity index (χ3v) is 5.82. The number of hydrogen-bond donors (Lipinski definition) is 2. The summed E-state index contributed by atoms with van der Waals surface area (Å²) in [5.74, 6) is -0.616. The van der Waals surface area contributed by atoms with Gasteiger partial charge < -0.3 is 16.0 Å². The predicted octanol–water partition coefficient (Wildman–Crippen LogP) is 2.91. The number of rotatable bonds is 3. The molecular formula is C20H28FN3O2. The monoisotopic (exact) mass is 361 g/mol. The lowest BCUT2D eigenvalue weighted by Gasteiger charge is -2.41. The topological polar surface area (TPSA) is 75.4 Å². The number of likely N-dealkylation sites (tertiary alicyclic amines) is 1. The number of nitrogens with zero attached hydrogens (tertiary/aromatic N) is 1. The van der Waals surface area contributed by atoms with Crippen molar-refractivity contribution in [2.24, 2.45) is 17.6 Å². The summed E-state index contributed by atoms with van der Waals surface area (Å²) in [6.07, 6.45) is 5.12. The lowest BCUT2D eigenvalue weighted by Crippen LogP contribution is -2.55. The maximum atomic E-state index is 13.2. The number of nitrogens with two attached hydrogens (primary N) is 1. The largest absolute Gasteiger partial charge is 0.342 e. The Bertz CT molecular complexity index is 669. The number of piperidine rings is 1. The van der Waals surface area contributed by atoms with Gasteiger partial charge in [0.25, 0.3) is 0 Å². The molecule has 1 saturated heterocycles. The summed E-state index contributed by atoms with van der Waals surface area (Å²) in [5.41, 5.74) is 6.40. The first kappa shape index (κ1) is 18.8. The summed E-state index contributed by atoms with van der Waals surface area (Å²) >= 11 is 0. The number of hydrogen-bond acceptors (Lipinski definition) is 3. The van der Waals surface area contributed by atoms with E-state index < -0.39 is 5.54 Å². The molecule has 1 aliphatic carbocycles. The minimum Gasteiger partial charge on any atom is -0.342 e. The Balaban J connectivity index is 1.53. The normalized spacial score (nSPS) is 27.2. The van der Waals surface area contributed by atoms with Gasteiger partial charge in [-0.3, -0.25) is 9.59 Å². The van der Waals surface area contributed by atoms with Crippen molar-refractivity contribution >= 4 is 17.5 Å². The van der Waals surface area contributed by atoms with E-state index in [1.54, 1.807) is 12.1 Å². The Morgan fingerprint density at radius 2 is 1.96 bits per heavy atom. The molecule has 0 bridgehead atoms. The molecule has 1 saturated carbocycles. The molecule has 2 amide bonds. The fourth-order valence-corrected chi connectivity index (χ4v) is 4.16. The third-order valence-electron chi connectivity index (χ3n) is 5.82. The van der Waals surface area contributed by atoms with Crippen molar-refractivity contribution in [1.29, 1.82) is 0 Å². The number of halogens is 1. The van der Waals surface area contributed by atoms with E-state index in [1.807, 2.05) is 11.8 Å². The van der Waals surface area contributed by atoms with Gasteiger partial charge in [0.2, 0.25) is 11.8 Å². The van der Waals surface area contributed by atoms with Crippen LogP contribution in [0.3, 0.4) is 0 Å². The van der Waals surface area contributed by atoms with Crippen LogP contribution in [-0.4, -0.2) is 35.3 Å². The van der Waals surface area contributed by atoms with Crippen LogP contribution in [0.15, 0.2) is 24.3 Å². The minimum atomic E-state index is -0.430. The first-order valence-corrected chi connectivity index (χ1v) is 9.51. The Labute approximate surface area is 154 Å². The number of carbonyl (C=O) groups excluding carboxylic acids is 2. The Morgan fingerprint density at radius 1 is 1.23 bits per heavy atom. The summed E-state index contributed by atoms with van der Waals surface area (Å²) in [6.45, 7) is 3.13. The van der Waals surface area contributed by atoms with Crippen LogP contribution in [0.4, 0.5) is 10.1 Å². The highest BCUT2D eigenvalue weighted by Gasteiger charge is 2.40. The van der Waals surface area contributed by atoms with Crippen LogP contribution < -0.4 is 11.1 Å². The van der Waals surface area contributed by atoms with Gasteiger partial charge in [-0.05, 0) is 50.8 Å². The molecule has 2 atom stereocenters. The van der Waals surface area contributed by atoms with Gasteiger partial charge in [-0.15, -0.1) is 0 Å². The van der Waals surface area contributed by atoms with Crippen molar-refractivity contribution in [1.82, 2.24) is 4.90 Å². The zero-order chi connectivity index (χ0) is 18.7. The summed E-state index contributed by atoms with van der Waals surface area (Å²) < 4.78 is 13.2. The molecule has 1 aromatic rings. The molecule has 3 N–H and O–H groups in total. The number of amides is 2. The molecular weight excluding hydrogens is 333 g/mol. The number of anilines is 1. The summed E-state index contributed by atoms with van der Waals surface area (Å²) in [4.78, 5) is 27.1. The lowest BCUT2D eigenvalue weighted by atomic mass is 9.73. The van der Waals surface area contributed by atoms with Gasteiger partial charge in [0.1, 0.15) is 5.82 Å². The second-order valence-corrected chi connectivity index (χ2v) is 7.90. The Morgan fingerprint density at radius 3 is 2.62 bits per heavy atom. The van der Waals surface area contributed by atoms with E-state index in [-0.39, 0.29) is 29.5 Å². The molecule has 0 spiro atoms. The van der Waals surface area contributed by atoms with Gasteiger partial charge in [-0.1, -0.05) is 18.9 Å². The maximum absolute atomic E-state index is 13.2. The van der Waals surface area contributed by atoms with Crippen molar-refractivity contribution in [2.75, 3.05) is 18.4 Å². The van der Waals surface area contributed by atoms with E-state index in [1.165, 1.54) is 12.1 Å². The molecule has 5 nitrogen and oxygen atoms in total. The zero-order valence-electron chi connectivity index (χ0n) is 15.3. The first-order valence-electron chi connectivity index (χ1n) is 9.51. The molecule has 1 aromatic carbocycles. The molecule has 0 radical (unpaired) electrons.